The van der Waals surface area contributed by atoms with Crippen molar-refractivity contribution in [2.45, 2.75) is 11.7 Å². The molecule has 0 rings (SSSR count). The highest BCUT2D eigenvalue weighted by atomic mass is 32.9. The number of carbonyl (C=O) groups is 2. The second kappa shape index (κ2) is 7.24. The van der Waals surface area contributed by atoms with E-state index in [1.807, 2.05) is 0 Å². The molecule has 0 aliphatic heterocycles. The number of hydrogen-bond donors (Lipinski definition) is 1. The molecule has 0 fully saturated rings. The fraction of sp³-hybridized carbons (Fsp3) is 0.714. The number of esters is 1. The SMILES string of the molecule is COC(=O)CC(SP(=S)(OC)OC)C(=O)O. The molecule has 1 N–H and O–H groups in total. The van der Waals surface area contributed by atoms with Crippen molar-refractivity contribution in [1.82, 2.24) is 0 Å². The molecular formula is C7H13O6PS2. The topological polar surface area (TPSA) is 82.1 Å². The van der Waals surface area contributed by atoms with Crippen molar-refractivity contribution < 1.29 is 28.5 Å². The molecule has 9 heteroatoms. The highest BCUT2D eigenvalue weighted by Crippen LogP contribution is 2.61. The molecule has 0 aromatic carbocycles. The van der Waals surface area contributed by atoms with E-state index in [-0.39, 0.29) is 6.42 Å². The number of rotatable bonds is 7. The normalized spacial score (nSPS) is 13.2. The van der Waals surface area contributed by atoms with Gasteiger partial charge in [0.05, 0.1) is 13.5 Å². The van der Waals surface area contributed by atoms with Crippen LogP contribution >= 0.6 is 17.1 Å². The van der Waals surface area contributed by atoms with Crippen molar-refractivity contribution in [3.8, 4) is 0 Å². The summed E-state index contributed by atoms with van der Waals surface area (Å²) >= 11 is 5.83. The molecule has 0 saturated carbocycles. The van der Waals surface area contributed by atoms with Gasteiger partial charge in [-0.25, -0.2) is 0 Å². The lowest BCUT2D eigenvalue weighted by molar-refractivity contribution is -0.145. The smallest absolute Gasteiger partial charge is 0.317 e. The third-order valence-corrected chi connectivity index (χ3v) is 7.44. The molecule has 0 bridgehead atoms. The van der Waals surface area contributed by atoms with Crippen LogP contribution in [0.5, 0.6) is 0 Å². The average Bonchev–Trinajstić information content (AvgIpc) is 2.27. The summed E-state index contributed by atoms with van der Waals surface area (Å²) in [5.41, 5.74) is -2.70. The summed E-state index contributed by atoms with van der Waals surface area (Å²) in [5.74, 6) is -1.77. The van der Waals surface area contributed by atoms with Crippen LogP contribution in [-0.2, 0) is 35.2 Å². The summed E-state index contributed by atoms with van der Waals surface area (Å²) < 4.78 is 14.3. The molecule has 6 nitrogen and oxygen atoms in total. The molecule has 94 valence electrons. The highest BCUT2D eigenvalue weighted by Gasteiger charge is 2.30. The molecule has 0 amide bonds. The van der Waals surface area contributed by atoms with E-state index in [2.05, 4.69) is 4.74 Å². The molecule has 0 aromatic rings. The van der Waals surface area contributed by atoms with Crippen LogP contribution in [0.4, 0.5) is 0 Å². The van der Waals surface area contributed by atoms with Gasteiger partial charge in [-0.15, -0.1) is 0 Å². The van der Waals surface area contributed by atoms with Crippen molar-refractivity contribution in [3.63, 3.8) is 0 Å². The van der Waals surface area contributed by atoms with Crippen molar-refractivity contribution in [2.24, 2.45) is 0 Å². The second-order valence-corrected chi connectivity index (χ2v) is 9.14. The standard InChI is InChI=1S/C7H13O6PS2/c1-11-6(8)4-5(7(9)10)16-14(15,12-2)13-3/h5H,4H2,1-3H3,(H,9,10). The van der Waals surface area contributed by atoms with Gasteiger partial charge < -0.3 is 18.9 Å². The van der Waals surface area contributed by atoms with Crippen LogP contribution in [0.3, 0.4) is 0 Å². The number of aliphatic carboxylic acids is 1. The van der Waals surface area contributed by atoms with Crippen molar-refractivity contribution in [3.05, 3.63) is 0 Å². The Morgan fingerprint density at radius 3 is 2.19 bits per heavy atom. The summed E-state index contributed by atoms with van der Waals surface area (Å²) in [5, 5.41) is 7.87. The minimum atomic E-state index is -2.70. The zero-order chi connectivity index (χ0) is 12.8. The van der Waals surface area contributed by atoms with Crippen molar-refractivity contribution in [2.75, 3.05) is 21.3 Å². The third-order valence-electron chi connectivity index (χ3n) is 1.56. The zero-order valence-corrected chi connectivity index (χ0v) is 11.6. The van der Waals surface area contributed by atoms with Crippen LogP contribution in [0.1, 0.15) is 6.42 Å². The molecular weight excluding hydrogens is 275 g/mol. The van der Waals surface area contributed by atoms with Gasteiger partial charge in [-0.3, -0.25) is 9.59 Å². The number of carbonyl (C=O) groups excluding carboxylic acids is 1. The van der Waals surface area contributed by atoms with E-state index in [4.69, 9.17) is 26.0 Å². The van der Waals surface area contributed by atoms with Crippen LogP contribution in [0.15, 0.2) is 0 Å². The maximum Gasteiger partial charge on any atom is 0.317 e. The van der Waals surface area contributed by atoms with E-state index in [1.54, 1.807) is 0 Å². The Bertz CT molecular complexity index is 299. The first-order chi connectivity index (χ1) is 7.38. The van der Waals surface area contributed by atoms with Gasteiger partial charge in [-0.2, -0.15) is 0 Å². The van der Waals surface area contributed by atoms with E-state index in [9.17, 15) is 9.59 Å². The number of methoxy groups -OCH3 is 1. The van der Waals surface area contributed by atoms with Gasteiger partial charge in [0, 0.05) is 14.2 Å². The average molecular weight is 288 g/mol. The molecule has 0 aliphatic rings. The minimum absolute atomic E-state index is 0.276. The predicted octanol–water partition coefficient (Wildman–Crippen LogP) is 1.25. The molecule has 0 saturated heterocycles. The zero-order valence-electron chi connectivity index (χ0n) is 9.04. The Morgan fingerprint density at radius 2 is 1.88 bits per heavy atom. The lowest BCUT2D eigenvalue weighted by Gasteiger charge is -2.20. The monoisotopic (exact) mass is 288 g/mol. The molecule has 0 aromatic heterocycles. The molecule has 0 aliphatic carbocycles. The van der Waals surface area contributed by atoms with Gasteiger partial charge in [0.2, 0.25) is 5.69 Å². The number of ether oxygens (including phenoxy) is 1. The van der Waals surface area contributed by atoms with Crippen LogP contribution in [-0.4, -0.2) is 43.6 Å². The Balaban J connectivity index is 4.63. The number of carboxylic acid groups (broad SMARTS) is 1. The van der Waals surface area contributed by atoms with Gasteiger partial charge in [0.1, 0.15) is 5.25 Å². The predicted molar refractivity (Wildman–Crippen MR) is 64.0 cm³/mol. The Kier molecular flexibility index (Phi) is 7.17. The van der Waals surface area contributed by atoms with E-state index in [0.717, 1.165) is 11.4 Å². The van der Waals surface area contributed by atoms with Gasteiger partial charge in [0.15, 0.2) is 0 Å². The first kappa shape index (κ1) is 15.9. The van der Waals surface area contributed by atoms with Crippen LogP contribution in [0.25, 0.3) is 0 Å². The summed E-state index contributed by atoms with van der Waals surface area (Å²) in [7, 11) is 3.87. The van der Waals surface area contributed by atoms with Crippen LogP contribution in [0.2, 0.25) is 0 Å². The number of hydrogen-bond acceptors (Lipinski definition) is 7. The van der Waals surface area contributed by atoms with Gasteiger partial charge in [-0.05, 0) is 11.8 Å². The fourth-order valence-electron chi connectivity index (χ4n) is 0.721. The lowest BCUT2D eigenvalue weighted by atomic mass is 10.3. The molecule has 16 heavy (non-hydrogen) atoms. The molecule has 0 spiro atoms. The second-order valence-electron chi connectivity index (χ2n) is 2.52. The molecule has 1 atom stereocenters. The number of carboxylic acids is 1. The Morgan fingerprint density at radius 1 is 1.38 bits per heavy atom. The van der Waals surface area contributed by atoms with Gasteiger partial charge in [0.25, 0.3) is 0 Å². The van der Waals surface area contributed by atoms with Crippen molar-refractivity contribution >= 4 is 40.8 Å². The third kappa shape index (κ3) is 5.27. The van der Waals surface area contributed by atoms with Gasteiger partial charge in [-0.1, -0.05) is 11.4 Å². The Labute approximate surface area is 103 Å². The van der Waals surface area contributed by atoms with E-state index < -0.39 is 22.9 Å². The van der Waals surface area contributed by atoms with E-state index in [1.165, 1.54) is 21.3 Å². The Hall–Kier alpha value is -0.140. The summed E-state index contributed by atoms with van der Waals surface area (Å²) in [6.45, 7) is 0. The minimum Gasteiger partial charge on any atom is -0.480 e. The maximum absolute atomic E-state index is 11.0. The van der Waals surface area contributed by atoms with Gasteiger partial charge >= 0.3 is 11.9 Å². The van der Waals surface area contributed by atoms with E-state index >= 15 is 0 Å². The van der Waals surface area contributed by atoms with E-state index in [0.29, 0.717) is 0 Å². The largest absolute Gasteiger partial charge is 0.480 e. The summed E-state index contributed by atoms with van der Waals surface area (Å²) in [6, 6.07) is 0. The first-order valence-electron chi connectivity index (χ1n) is 4.08. The molecule has 0 heterocycles. The quantitative estimate of drug-likeness (QED) is 0.553. The maximum atomic E-state index is 11.0. The van der Waals surface area contributed by atoms with Crippen LogP contribution in [0, 0.1) is 0 Å². The summed E-state index contributed by atoms with van der Waals surface area (Å²) in [6.07, 6.45) is -0.276. The summed E-state index contributed by atoms with van der Waals surface area (Å²) in [4.78, 5) is 21.9. The fourth-order valence-corrected chi connectivity index (χ4v) is 4.54. The highest BCUT2D eigenvalue weighted by molar-refractivity contribution is 8.68. The first-order valence-corrected chi connectivity index (χ1v) is 8.20. The van der Waals surface area contributed by atoms with Crippen LogP contribution < -0.4 is 0 Å². The van der Waals surface area contributed by atoms with Crippen molar-refractivity contribution in [1.29, 1.82) is 0 Å². The lowest BCUT2D eigenvalue weighted by Crippen LogP contribution is -2.21. The molecule has 0 radical (unpaired) electrons. The molecule has 1 unspecified atom stereocenters.